The first-order valence-corrected chi connectivity index (χ1v) is 6.88. The lowest BCUT2D eigenvalue weighted by Gasteiger charge is -2.22. The van der Waals surface area contributed by atoms with Crippen molar-refractivity contribution in [2.75, 3.05) is 26.7 Å². The van der Waals surface area contributed by atoms with E-state index in [0.717, 1.165) is 43.8 Å². The molecular formula is C15H22N2O2. The van der Waals surface area contributed by atoms with Gasteiger partial charge in [-0.25, -0.2) is 0 Å². The molecule has 0 saturated carbocycles. The summed E-state index contributed by atoms with van der Waals surface area (Å²) in [6.07, 6.45) is 2.72. The van der Waals surface area contributed by atoms with E-state index in [1.807, 2.05) is 24.3 Å². The fourth-order valence-electron chi connectivity index (χ4n) is 2.37. The summed E-state index contributed by atoms with van der Waals surface area (Å²) >= 11 is 0. The molecular weight excluding hydrogens is 240 g/mol. The van der Waals surface area contributed by atoms with Gasteiger partial charge in [0.2, 0.25) is 5.91 Å². The van der Waals surface area contributed by atoms with E-state index in [-0.39, 0.29) is 5.91 Å². The Labute approximate surface area is 114 Å². The number of piperidine rings is 1. The zero-order valence-corrected chi connectivity index (χ0v) is 11.4. The van der Waals surface area contributed by atoms with E-state index in [4.69, 9.17) is 4.74 Å². The zero-order valence-electron chi connectivity index (χ0n) is 11.4. The summed E-state index contributed by atoms with van der Waals surface area (Å²) in [6.45, 7) is 2.93. The van der Waals surface area contributed by atoms with Crippen LogP contribution in [0.25, 0.3) is 0 Å². The van der Waals surface area contributed by atoms with Crippen LogP contribution in [-0.2, 0) is 11.2 Å². The van der Waals surface area contributed by atoms with Crippen molar-refractivity contribution in [3.8, 4) is 5.75 Å². The average molecular weight is 262 g/mol. The van der Waals surface area contributed by atoms with Crippen LogP contribution in [0.2, 0.25) is 0 Å². The molecule has 1 amide bonds. The number of rotatable bonds is 5. The highest BCUT2D eigenvalue weighted by molar-refractivity contribution is 5.78. The SMILES string of the molecule is COc1cccc(CC(=O)NCC2CCNCC2)c1. The first kappa shape index (κ1) is 13.9. The Kier molecular flexibility index (Phi) is 5.21. The van der Waals surface area contributed by atoms with Gasteiger partial charge < -0.3 is 15.4 Å². The molecule has 2 rings (SSSR count). The molecule has 0 aromatic heterocycles. The van der Waals surface area contributed by atoms with Gasteiger partial charge in [-0.2, -0.15) is 0 Å². The van der Waals surface area contributed by atoms with Crippen LogP contribution in [0.15, 0.2) is 24.3 Å². The molecule has 0 radical (unpaired) electrons. The highest BCUT2D eigenvalue weighted by atomic mass is 16.5. The third-order valence-corrected chi connectivity index (χ3v) is 3.55. The standard InChI is InChI=1S/C15H22N2O2/c1-19-14-4-2-3-13(9-14)10-15(18)17-11-12-5-7-16-8-6-12/h2-4,9,12,16H,5-8,10-11H2,1H3,(H,17,18). The molecule has 0 aliphatic carbocycles. The maximum absolute atomic E-state index is 11.9. The van der Waals surface area contributed by atoms with Gasteiger partial charge >= 0.3 is 0 Å². The number of methoxy groups -OCH3 is 1. The van der Waals surface area contributed by atoms with E-state index in [9.17, 15) is 4.79 Å². The number of nitrogens with one attached hydrogen (secondary N) is 2. The highest BCUT2D eigenvalue weighted by Crippen LogP contribution is 2.13. The van der Waals surface area contributed by atoms with E-state index < -0.39 is 0 Å². The van der Waals surface area contributed by atoms with Crippen LogP contribution in [0, 0.1) is 5.92 Å². The average Bonchev–Trinajstić information content (AvgIpc) is 2.46. The minimum Gasteiger partial charge on any atom is -0.497 e. The Morgan fingerprint density at radius 3 is 2.95 bits per heavy atom. The number of hydrogen-bond acceptors (Lipinski definition) is 3. The normalized spacial score (nSPS) is 16.1. The predicted molar refractivity (Wildman–Crippen MR) is 75.3 cm³/mol. The molecule has 0 atom stereocenters. The molecule has 1 aromatic rings. The molecule has 1 aliphatic rings. The molecule has 0 bridgehead atoms. The zero-order chi connectivity index (χ0) is 13.5. The number of ether oxygens (including phenoxy) is 1. The van der Waals surface area contributed by atoms with Gasteiger partial charge in [-0.1, -0.05) is 12.1 Å². The van der Waals surface area contributed by atoms with E-state index in [1.165, 1.54) is 0 Å². The Hall–Kier alpha value is -1.55. The molecule has 1 fully saturated rings. The lowest BCUT2D eigenvalue weighted by atomic mass is 9.98. The van der Waals surface area contributed by atoms with E-state index in [2.05, 4.69) is 10.6 Å². The summed E-state index contributed by atoms with van der Waals surface area (Å²) in [4.78, 5) is 11.9. The molecule has 4 nitrogen and oxygen atoms in total. The molecule has 19 heavy (non-hydrogen) atoms. The Morgan fingerprint density at radius 2 is 2.21 bits per heavy atom. The van der Waals surface area contributed by atoms with Crippen molar-refractivity contribution in [3.05, 3.63) is 29.8 Å². The topological polar surface area (TPSA) is 50.4 Å². The predicted octanol–water partition coefficient (Wildman–Crippen LogP) is 1.35. The van der Waals surface area contributed by atoms with Crippen molar-refractivity contribution >= 4 is 5.91 Å². The van der Waals surface area contributed by atoms with Crippen LogP contribution < -0.4 is 15.4 Å². The number of benzene rings is 1. The molecule has 1 aromatic carbocycles. The van der Waals surface area contributed by atoms with Crippen molar-refractivity contribution in [3.63, 3.8) is 0 Å². The second-order valence-corrected chi connectivity index (χ2v) is 5.03. The minimum atomic E-state index is 0.0896. The lowest BCUT2D eigenvalue weighted by Crippen LogP contribution is -2.36. The molecule has 104 valence electrons. The number of hydrogen-bond donors (Lipinski definition) is 2. The molecule has 1 aliphatic heterocycles. The monoisotopic (exact) mass is 262 g/mol. The van der Waals surface area contributed by atoms with E-state index >= 15 is 0 Å². The molecule has 1 saturated heterocycles. The number of carbonyl (C=O) groups excluding carboxylic acids is 1. The Balaban J connectivity index is 1.76. The second-order valence-electron chi connectivity index (χ2n) is 5.03. The van der Waals surface area contributed by atoms with Gasteiger partial charge in [0.25, 0.3) is 0 Å². The molecule has 4 heteroatoms. The van der Waals surface area contributed by atoms with Gasteiger partial charge in [-0.05, 0) is 49.5 Å². The highest BCUT2D eigenvalue weighted by Gasteiger charge is 2.13. The molecule has 0 spiro atoms. The number of amides is 1. The van der Waals surface area contributed by atoms with E-state index in [0.29, 0.717) is 12.3 Å². The third-order valence-electron chi connectivity index (χ3n) is 3.55. The first-order valence-electron chi connectivity index (χ1n) is 6.88. The summed E-state index contributed by atoms with van der Waals surface area (Å²) in [5, 5.41) is 6.36. The quantitative estimate of drug-likeness (QED) is 0.842. The summed E-state index contributed by atoms with van der Waals surface area (Å²) in [6, 6.07) is 7.65. The second kappa shape index (κ2) is 7.14. The van der Waals surface area contributed by atoms with Crippen molar-refractivity contribution in [2.45, 2.75) is 19.3 Å². The van der Waals surface area contributed by atoms with Gasteiger partial charge in [-0.15, -0.1) is 0 Å². The maximum atomic E-state index is 11.9. The first-order chi connectivity index (χ1) is 9.28. The van der Waals surface area contributed by atoms with Crippen LogP contribution >= 0.6 is 0 Å². The summed E-state index contributed by atoms with van der Waals surface area (Å²) in [5.41, 5.74) is 0.988. The van der Waals surface area contributed by atoms with Gasteiger partial charge in [0.05, 0.1) is 13.5 Å². The van der Waals surface area contributed by atoms with Crippen molar-refractivity contribution in [1.82, 2.24) is 10.6 Å². The molecule has 2 N–H and O–H groups in total. The van der Waals surface area contributed by atoms with Crippen LogP contribution in [0.5, 0.6) is 5.75 Å². The summed E-state index contributed by atoms with van der Waals surface area (Å²) in [5.74, 6) is 1.51. The lowest BCUT2D eigenvalue weighted by molar-refractivity contribution is -0.120. The Morgan fingerprint density at radius 1 is 1.42 bits per heavy atom. The third kappa shape index (κ3) is 4.56. The van der Waals surface area contributed by atoms with Gasteiger partial charge in [0, 0.05) is 6.54 Å². The van der Waals surface area contributed by atoms with Crippen LogP contribution in [0.1, 0.15) is 18.4 Å². The van der Waals surface area contributed by atoms with Gasteiger partial charge in [0.15, 0.2) is 0 Å². The largest absolute Gasteiger partial charge is 0.497 e. The fourth-order valence-corrected chi connectivity index (χ4v) is 2.37. The van der Waals surface area contributed by atoms with Crippen LogP contribution in [-0.4, -0.2) is 32.7 Å². The summed E-state index contributed by atoms with van der Waals surface area (Å²) in [7, 11) is 1.64. The molecule has 0 unspecified atom stereocenters. The maximum Gasteiger partial charge on any atom is 0.224 e. The van der Waals surface area contributed by atoms with Crippen molar-refractivity contribution in [1.29, 1.82) is 0 Å². The van der Waals surface area contributed by atoms with Gasteiger partial charge in [-0.3, -0.25) is 4.79 Å². The minimum absolute atomic E-state index is 0.0896. The van der Waals surface area contributed by atoms with Gasteiger partial charge in [0.1, 0.15) is 5.75 Å². The van der Waals surface area contributed by atoms with Crippen molar-refractivity contribution < 1.29 is 9.53 Å². The number of carbonyl (C=O) groups is 1. The molecule has 1 heterocycles. The van der Waals surface area contributed by atoms with Crippen LogP contribution in [0.4, 0.5) is 0 Å². The Bertz CT molecular complexity index is 414. The summed E-state index contributed by atoms with van der Waals surface area (Å²) < 4.78 is 5.15. The van der Waals surface area contributed by atoms with Crippen molar-refractivity contribution in [2.24, 2.45) is 5.92 Å². The fraction of sp³-hybridized carbons (Fsp3) is 0.533. The van der Waals surface area contributed by atoms with Crippen LogP contribution in [0.3, 0.4) is 0 Å². The van der Waals surface area contributed by atoms with E-state index in [1.54, 1.807) is 7.11 Å². The smallest absolute Gasteiger partial charge is 0.224 e.